The summed E-state index contributed by atoms with van der Waals surface area (Å²) in [4.78, 5) is 45.9. The van der Waals surface area contributed by atoms with E-state index in [2.05, 4.69) is 6.92 Å². The number of carboxylic acid groups (broad SMARTS) is 4. The topological polar surface area (TPSA) is 149 Å². The van der Waals surface area contributed by atoms with E-state index in [0.717, 1.165) is 57.8 Å². The molecule has 0 aliphatic rings. The van der Waals surface area contributed by atoms with Gasteiger partial charge in [-0.1, -0.05) is 78.1 Å². The fraction of sp³-hybridized carbons (Fsp3) is 0.857. The molecule has 0 rings (SSSR count). The van der Waals surface area contributed by atoms with E-state index in [4.69, 9.17) is 0 Å². The number of hydrogen-bond acceptors (Lipinski definition) is 4. The Labute approximate surface area is 216 Å². The summed E-state index contributed by atoms with van der Waals surface area (Å²) in [5.74, 6) is -5.08. The van der Waals surface area contributed by atoms with Gasteiger partial charge >= 0.3 is 23.9 Å². The summed E-state index contributed by atoms with van der Waals surface area (Å²) in [7, 11) is 0. The Kier molecular flexibility index (Phi) is 19.8. The van der Waals surface area contributed by atoms with Crippen LogP contribution in [0.3, 0.4) is 0 Å². The van der Waals surface area contributed by atoms with Gasteiger partial charge in [0.05, 0.1) is 23.7 Å². The minimum Gasteiger partial charge on any atom is -0.481 e. The lowest BCUT2D eigenvalue weighted by Gasteiger charge is -2.16. The van der Waals surface area contributed by atoms with Crippen LogP contribution in [-0.4, -0.2) is 44.3 Å². The summed E-state index contributed by atoms with van der Waals surface area (Å²) in [6.45, 7) is 4.02. The van der Waals surface area contributed by atoms with Crippen molar-refractivity contribution in [1.82, 2.24) is 0 Å². The van der Waals surface area contributed by atoms with Gasteiger partial charge in [-0.2, -0.15) is 0 Å². The van der Waals surface area contributed by atoms with Gasteiger partial charge < -0.3 is 20.4 Å². The van der Waals surface area contributed by atoms with Crippen molar-refractivity contribution in [2.45, 2.75) is 129 Å². The monoisotopic (exact) mass is 514 g/mol. The summed E-state index contributed by atoms with van der Waals surface area (Å²) in [5, 5.41) is 37.7. The number of carboxylic acids is 4. The molecule has 0 spiro atoms. The molecule has 4 atom stereocenters. The van der Waals surface area contributed by atoms with Gasteiger partial charge in [0.15, 0.2) is 0 Å². The predicted octanol–water partition coefficient (Wildman–Crippen LogP) is 6.85. The highest BCUT2D eigenvalue weighted by Gasteiger charge is 2.23. The standard InChI is InChI=1S/C28H50O8/c1-3-5-8-14-23(27(33)34)19-20-24(28(35)36)16-10-7-6-9-15-22(26(31)32)18-12-11-17-21(13-4-2)25(29)30/h21-24H,3-20H2,1-2H3,(H,29,30)(H,31,32)(H,33,34)(H,35,36). The average Bonchev–Trinajstić information content (AvgIpc) is 2.81. The van der Waals surface area contributed by atoms with Crippen LogP contribution in [0.2, 0.25) is 0 Å². The van der Waals surface area contributed by atoms with Gasteiger partial charge in [0, 0.05) is 0 Å². The van der Waals surface area contributed by atoms with Crippen molar-refractivity contribution in [3.05, 3.63) is 0 Å². The third-order valence-corrected chi connectivity index (χ3v) is 7.26. The van der Waals surface area contributed by atoms with Gasteiger partial charge in [-0.05, 0) is 51.4 Å². The van der Waals surface area contributed by atoms with Crippen molar-refractivity contribution in [3.8, 4) is 0 Å². The van der Waals surface area contributed by atoms with Gasteiger partial charge in [-0.25, -0.2) is 0 Å². The number of unbranched alkanes of at least 4 members (excludes halogenated alkanes) is 6. The largest absolute Gasteiger partial charge is 0.481 e. The Hall–Kier alpha value is -2.12. The molecular formula is C28H50O8. The minimum atomic E-state index is -0.872. The van der Waals surface area contributed by atoms with Gasteiger partial charge in [0.1, 0.15) is 0 Å². The first-order chi connectivity index (χ1) is 17.1. The Morgan fingerprint density at radius 3 is 0.972 bits per heavy atom. The molecule has 0 bridgehead atoms. The van der Waals surface area contributed by atoms with E-state index in [1.807, 2.05) is 6.92 Å². The van der Waals surface area contributed by atoms with Crippen LogP contribution >= 0.6 is 0 Å². The zero-order chi connectivity index (χ0) is 27.3. The summed E-state index contributed by atoms with van der Waals surface area (Å²) < 4.78 is 0. The van der Waals surface area contributed by atoms with Crippen molar-refractivity contribution in [3.63, 3.8) is 0 Å². The van der Waals surface area contributed by atoms with E-state index in [9.17, 15) is 39.6 Å². The molecule has 0 radical (unpaired) electrons. The Bertz CT molecular complexity index is 633. The van der Waals surface area contributed by atoms with E-state index in [-0.39, 0.29) is 5.92 Å². The van der Waals surface area contributed by atoms with Crippen molar-refractivity contribution in [2.24, 2.45) is 23.7 Å². The second kappa shape index (κ2) is 21.0. The Balaban J connectivity index is 4.25. The SMILES string of the molecule is CCCCCC(CCC(CCCCCCC(CCCCC(CCC)C(=O)O)C(=O)O)C(=O)O)C(=O)O. The lowest BCUT2D eigenvalue weighted by Crippen LogP contribution is -2.19. The van der Waals surface area contributed by atoms with Crippen molar-refractivity contribution < 1.29 is 39.6 Å². The second-order valence-corrected chi connectivity index (χ2v) is 10.3. The average molecular weight is 515 g/mol. The molecule has 8 nitrogen and oxygen atoms in total. The van der Waals surface area contributed by atoms with Gasteiger partial charge in [0.25, 0.3) is 0 Å². The number of rotatable bonds is 25. The third kappa shape index (κ3) is 16.5. The van der Waals surface area contributed by atoms with E-state index in [1.165, 1.54) is 0 Å². The summed E-state index contributed by atoms with van der Waals surface area (Å²) in [5.41, 5.74) is 0. The highest BCUT2D eigenvalue weighted by atomic mass is 16.4. The zero-order valence-electron chi connectivity index (χ0n) is 22.5. The molecule has 0 aliphatic carbocycles. The number of hydrogen-bond donors (Lipinski definition) is 4. The van der Waals surface area contributed by atoms with Crippen LogP contribution < -0.4 is 0 Å². The molecule has 0 fully saturated rings. The molecular weight excluding hydrogens is 464 g/mol. The maximum atomic E-state index is 11.6. The minimum absolute atomic E-state index is 0.344. The van der Waals surface area contributed by atoms with E-state index in [1.54, 1.807) is 0 Å². The highest BCUT2D eigenvalue weighted by molar-refractivity contribution is 5.71. The summed E-state index contributed by atoms with van der Waals surface area (Å²) in [6, 6.07) is 0. The first kappa shape index (κ1) is 33.9. The molecule has 36 heavy (non-hydrogen) atoms. The Morgan fingerprint density at radius 2 is 0.667 bits per heavy atom. The molecule has 0 aromatic heterocycles. The van der Waals surface area contributed by atoms with Crippen LogP contribution in [0.25, 0.3) is 0 Å². The van der Waals surface area contributed by atoms with Gasteiger partial charge in [-0.15, -0.1) is 0 Å². The van der Waals surface area contributed by atoms with Crippen molar-refractivity contribution in [1.29, 1.82) is 0 Å². The second-order valence-electron chi connectivity index (χ2n) is 10.3. The van der Waals surface area contributed by atoms with Crippen LogP contribution in [0.4, 0.5) is 0 Å². The lowest BCUT2D eigenvalue weighted by atomic mass is 9.89. The number of aliphatic carboxylic acids is 4. The lowest BCUT2D eigenvalue weighted by molar-refractivity contribution is -0.145. The van der Waals surface area contributed by atoms with Crippen molar-refractivity contribution in [2.75, 3.05) is 0 Å². The molecule has 210 valence electrons. The maximum Gasteiger partial charge on any atom is 0.306 e. The molecule has 0 aromatic rings. The smallest absolute Gasteiger partial charge is 0.306 e. The quantitative estimate of drug-likeness (QED) is 0.0966. The highest BCUT2D eigenvalue weighted by Crippen LogP contribution is 2.24. The van der Waals surface area contributed by atoms with Crippen LogP contribution in [-0.2, 0) is 19.2 Å². The molecule has 8 heteroatoms. The summed E-state index contributed by atoms with van der Waals surface area (Å²) >= 11 is 0. The van der Waals surface area contributed by atoms with Gasteiger partial charge in [-0.3, -0.25) is 19.2 Å². The first-order valence-corrected chi connectivity index (χ1v) is 14.0. The van der Waals surface area contributed by atoms with Crippen LogP contribution in [0.5, 0.6) is 0 Å². The molecule has 0 heterocycles. The normalized spacial score (nSPS) is 14.6. The molecule has 0 saturated heterocycles. The molecule has 0 amide bonds. The number of carbonyl (C=O) groups is 4. The maximum absolute atomic E-state index is 11.6. The molecule has 4 N–H and O–H groups in total. The zero-order valence-corrected chi connectivity index (χ0v) is 22.5. The predicted molar refractivity (Wildman–Crippen MR) is 139 cm³/mol. The van der Waals surface area contributed by atoms with Crippen LogP contribution in [0, 0.1) is 23.7 Å². The van der Waals surface area contributed by atoms with E-state index in [0.29, 0.717) is 57.8 Å². The van der Waals surface area contributed by atoms with Crippen LogP contribution in [0.15, 0.2) is 0 Å². The third-order valence-electron chi connectivity index (χ3n) is 7.26. The fourth-order valence-corrected chi connectivity index (χ4v) is 4.87. The molecule has 0 aliphatic heterocycles. The van der Waals surface area contributed by atoms with E-state index < -0.39 is 41.6 Å². The van der Waals surface area contributed by atoms with Gasteiger partial charge in [0.2, 0.25) is 0 Å². The molecule has 0 aromatic carbocycles. The molecule has 4 unspecified atom stereocenters. The van der Waals surface area contributed by atoms with E-state index >= 15 is 0 Å². The van der Waals surface area contributed by atoms with Crippen LogP contribution in [0.1, 0.15) is 129 Å². The fourth-order valence-electron chi connectivity index (χ4n) is 4.87. The summed E-state index contributed by atoms with van der Waals surface area (Å²) in [6.07, 6.45) is 12.5. The Morgan fingerprint density at radius 1 is 0.389 bits per heavy atom. The first-order valence-electron chi connectivity index (χ1n) is 14.0. The molecule has 0 saturated carbocycles. The van der Waals surface area contributed by atoms with Crippen molar-refractivity contribution >= 4 is 23.9 Å².